The minimum absolute atomic E-state index is 0.853. The van der Waals surface area contributed by atoms with E-state index in [0.29, 0.717) is 0 Å². The fourth-order valence-corrected chi connectivity index (χ4v) is 1.15. The molecule has 0 amide bonds. The molecular weight excluding hydrogens is 116 g/mol. The minimum atomic E-state index is 0.853. The highest BCUT2D eigenvalue weighted by molar-refractivity contribution is 7.80. The van der Waals surface area contributed by atoms with Crippen LogP contribution in [0.3, 0.4) is 0 Å². The summed E-state index contributed by atoms with van der Waals surface area (Å²) in [6.45, 7) is 2.28. The van der Waals surface area contributed by atoms with Gasteiger partial charge in [0.1, 0.15) is 0 Å². The number of hydrogen-bond donors (Lipinski definition) is 1. The van der Waals surface area contributed by atoms with Crippen molar-refractivity contribution < 1.29 is 0 Å². The van der Waals surface area contributed by atoms with E-state index in [4.69, 9.17) is 0 Å². The van der Waals surface area contributed by atoms with Gasteiger partial charge >= 0.3 is 0 Å². The van der Waals surface area contributed by atoms with Gasteiger partial charge in [-0.15, -0.1) is 0 Å². The van der Waals surface area contributed by atoms with Crippen LogP contribution in [0.25, 0.3) is 0 Å². The van der Waals surface area contributed by atoms with Crippen LogP contribution < -0.4 is 0 Å². The smallest absolute Gasteiger partial charge is 0.00720 e. The van der Waals surface area contributed by atoms with Crippen LogP contribution in [-0.4, -0.2) is 5.75 Å². The molecule has 0 nitrogen and oxygen atoms in total. The lowest BCUT2D eigenvalue weighted by Crippen LogP contribution is -1.95. The van der Waals surface area contributed by atoms with Crippen LogP contribution in [0.2, 0.25) is 0 Å². The van der Waals surface area contributed by atoms with Gasteiger partial charge in [0.05, 0.1) is 0 Å². The molecule has 0 radical (unpaired) electrons. The van der Waals surface area contributed by atoms with Crippen molar-refractivity contribution in [2.24, 2.45) is 11.8 Å². The van der Waals surface area contributed by atoms with Crippen LogP contribution in [0.5, 0.6) is 0 Å². The molecular formula is C7H14S. The zero-order chi connectivity index (χ0) is 5.98. The Kier molecular flexibility index (Phi) is 2.24. The third-order valence-corrected chi connectivity index (χ3v) is 2.37. The lowest BCUT2D eigenvalue weighted by molar-refractivity contribution is 0.550. The molecule has 0 aromatic heterocycles. The molecule has 1 rings (SSSR count). The maximum Gasteiger partial charge on any atom is -0.00720 e. The molecule has 1 aliphatic rings. The van der Waals surface area contributed by atoms with Gasteiger partial charge in [0, 0.05) is 0 Å². The standard InChI is InChI=1S/C7H14S/c1-6(5-8)4-7-2-3-7/h6-8H,2-5H2,1H3. The third kappa shape index (κ3) is 2.08. The largest absolute Gasteiger partial charge is 0.179 e. The van der Waals surface area contributed by atoms with Gasteiger partial charge in [-0.25, -0.2) is 0 Å². The van der Waals surface area contributed by atoms with Crippen molar-refractivity contribution in [3.63, 3.8) is 0 Å². The molecule has 1 fully saturated rings. The van der Waals surface area contributed by atoms with Crippen LogP contribution in [0.4, 0.5) is 0 Å². The molecule has 0 spiro atoms. The highest BCUT2D eigenvalue weighted by atomic mass is 32.1. The van der Waals surface area contributed by atoms with E-state index >= 15 is 0 Å². The molecule has 8 heavy (non-hydrogen) atoms. The third-order valence-electron chi connectivity index (χ3n) is 1.74. The number of thiol groups is 1. The summed E-state index contributed by atoms with van der Waals surface area (Å²) in [4.78, 5) is 0. The van der Waals surface area contributed by atoms with E-state index in [2.05, 4.69) is 19.6 Å². The van der Waals surface area contributed by atoms with Crippen LogP contribution in [0, 0.1) is 11.8 Å². The van der Waals surface area contributed by atoms with Gasteiger partial charge in [0.25, 0.3) is 0 Å². The summed E-state index contributed by atoms with van der Waals surface area (Å²) < 4.78 is 0. The Hall–Kier alpha value is 0.350. The Balaban J connectivity index is 1.98. The molecule has 1 atom stereocenters. The zero-order valence-electron chi connectivity index (χ0n) is 5.43. The molecule has 0 bridgehead atoms. The average molecular weight is 130 g/mol. The number of hydrogen-bond acceptors (Lipinski definition) is 1. The summed E-state index contributed by atoms with van der Waals surface area (Å²) in [5.41, 5.74) is 0. The van der Waals surface area contributed by atoms with Gasteiger partial charge in [-0.2, -0.15) is 12.6 Å². The summed E-state index contributed by atoms with van der Waals surface area (Å²) in [5.74, 6) is 3.00. The average Bonchev–Trinajstić information content (AvgIpc) is 2.50. The van der Waals surface area contributed by atoms with Crippen LogP contribution in [0.1, 0.15) is 26.2 Å². The predicted molar refractivity (Wildman–Crippen MR) is 40.4 cm³/mol. The Morgan fingerprint density at radius 1 is 1.62 bits per heavy atom. The quantitative estimate of drug-likeness (QED) is 0.557. The van der Waals surface area contributed by atoms with Crippen LogP contribution in [-0.2, 0) is 0 Å². The van der Waals surface area contributed by atoms with Gasteiger partial charge in [-0.3, -0.25) is 0 Å². The van der Waals surface area contributed by atoms with Crippen molar-refractivity contribution in [2.45, 2.75) is 26.2 Å². The molecule has 0 heterocycles. The number of rotatable bonds is 3. The zero-order valence-corrected chi connectivity index (χ0v) is 6.32. The monoisotopic (exact) mass is 130 g/mol. The van der Waals surface area contributed by atoms with Crippen molar-refractivity contribution >= 4 is 12.6 Å². The van der Waals surface area contributed by atoms with E-state index in [1.807, 2.05) is 0 Å². The van der Waals surface area contributed by atoms with E-state index in [0.717, 1.165) is 17.6 Å². The molecule has 0 aliphatic heterocycles. The van der Waals surface area contributed by atoms with E-state index in [-0.39, 0.29) is 0 Å². The first kappa shape index (κ1) is 6.47. The highest BCUT2D eigenvalue weighted by Crippen LogP contribution is 2.35. The molecule has 1 heteroatoms. The maximum absolute atomic E-state index is 4.22. The Morgan fingerprint density at radius 2 is 2.25 bits per heavy atom. The molecule has 1 aliphatic carbocycles. The second kappa shape index (κ2) is 2.77. The van der Waals surface area contributed by atoms with Gasteiger partial charge < -0.3 is 0 Å². The molecule has 1 saturated carbocycles. The fourth-order valence-electron chi connectivity index (χ4n) is 0.997. The van der Waals surface area contributed by atoms with Crippen LogP contribution >= 0.6 is 12.6 Å². The molecule has 48 valence electrons. The summed E-state index contributed by atoms with van der Waals surface area (Å²) in [6, 6.07) is 0. The van der Waals surface area contributed by atoms with E-state index in [1.54, 1.807) is 0 Å². The van der Waals surface area contributed by atoms with Crippen LogP contribution in [0.15, 0.2) is 0 Å². The van der Waals surface area contributed by atoms with Crippen molar-refractivity contribution in [1.29, 1.82) is 0 Å². The molecule has 0 aromatic rings. The molecule has 0 saturated heterocycles. The van der Waals surface area contributed by atoms with Crippen molar-refractivity contribution in [2.75, 3.05) is 5.75 Å². The lowest BCUT2D eigenvalue weighted by Gasteiger charge is -2.03. The van der Waals surface area contributed by atoms with Gasteiger partial charge in [0.15, 0.2) is 0 Å². The van der Waals surface area contributed by atoms with E-state index in [9.17, 15) is 0 Å². The topological polar surface area (TPSA) is 0 Å². The first-order chi connectivity index (χ1) is 3.83. The lowest BCUT2D eigenvalue weighted by atomic mass is 10.1. The summed E-state index contributed by atoms with van der Waals surface area (Å²) in [7, 11) is 0. The summed E-state index contributed by atoms with van der Waals surface area (Å²) in [5, 5.41) is 0. The van der Waals surface area contributed by atoms with Gasteiger partial charge in [0.2, 0.25) is 0 Å². The van der Waals surface area contributed by atoms with Crippen molar-refractivity contribution in [3.05, 3.63) is 0 Å². The van der Waals surface area contributed by atoms with Crippen molar-refractivity contribution in [3.8, 4) is 0 Å². The van der Waals surface area contributed by atoms with Crippen molar-refractivity contribution in [1.82, 2.24) is 0 Å². The molecule has 0 N–H and O–H groups in total. The predicted octanol–water partition coefficient (Wildman–Crippen LogP) is 2.35. The van der Waals surface area contributed by atoms with E-state index < -0.39 is 0 Å². The highest BCUT2D eigenvalue weighted by Gasteiger charge is 2.22. The van der Waals surface area contributed by atoms with E-state index in [1.165, 1.54) is 19.3 Å². The minimum Gasteiger partial charge on any atom is -0.179 e. The normalized spacial score (nSPS) is 23.2. The second-order valence-corrected chi connectivity index (χ2v) is 3.33. The summed E-state index contributed by atoms with van der Waals surface area (Å²) in [6.07, 6.45) is 4.39. The SMILES string of the molecule is CC(CS)CC1CC1. The first-order valence-electron chi connectivity index (χ1n) is 3.43. The van der Waals surface area contributed by atoms with Gasteiger partial charge in [-0.05, 0) is 24.0 Å². The first-order valence-corrected chi connectivity index (χ1v) is 4.07. The molecule has 1 unspecified atom stereocenters. The Bertz CT molecular complexity index is 66.8. The maximum atomic E-state index is 4.22. The molecule has 0 aromatic carbocycles. The second-order valence-electron chi connectivity index (χ2n) is 2.97. The fraction of sp³-hybridized carbons (Fsp3) is 1.00. The van der Waals surface area contributed by atoms with Gasteiger partial charge in [-0.1, -0.05) is 19.8 Å². The Morgan fingerprint density at radius 3 is 2.62 bits per heavy atom. The Labute approximate surface area is 57.1 Å². The summed E-state index contributed by atoms with van der Waals surface area (Å²) >= 11 is 4.22.